The Bertz CT molecular complexity index is 582. The molecule has 16 heavy (non-hydrogen) atoms. The van der Waals surface area contributed by atoms with Crippen LogP contribution in [0.2, 0.25) is 0 Å². The SMILES string of the molecule is N#Cc1ccnc2c(C(F)(F)F)cccc12. The zero-order valence-corrected chi connectivity index (χ0v) is 7.92. The molecule has 0 atom stereocenters. The van der Waals surface area contributed by atoms with Crippen molar-refractivity contribution in [2.45, 2.75) is 6.18 Å². The van der Waals surface area contributed by atoms with Crippen molar-refractivity contribution in [2.24, 2.45) is 0 Å². The predicted molar refractivity (Wildman–Crippen MR) is 51.5 cm³/mol. The molecule has 5 heteroatoms. The maximum absolute atomic E-state index is 12.6. The first-order valence-corrected chi connectivity index (χ1v) is 4.39. The summed E-state index contributed by atoms with van der Waals surface area (Å²) in [6.45, 7) is 0. The van der Waals surface area contributed by atoms with Crippen LogP contribution in [0.25, 0.3) is 10.9 Å². The summed E-state index contributed by atoms with van der Waals surface area (Å²) in [5, 5.41) is 8.99. The van der Waals surface area contributed by atoms with E-state index >= 15 is 0 Å². The van der Waals surface area contributed by atoms with Gasteiger partial charge in [0, 0.05) is 11.6 Å². The van der Waals surface area contributed by atoms with Crippen LogP contribution in [0.1, 0.15) is 11.1 Å². The number of aromatic nitrogens is 1. The Morgan fingerprint density at radius 2 is 1.94 bits per heavy atom. The fourth-order valence-electron chi connectivity index (χ4n) is 1.50. The predicted octanol–water partition coefficient (Wildman–Crippen LogP) is 3.13. The van der Waals surface area contributed by atoms with Crippen molar-refractivity contribution in [3.05, 3.63) is 41.6 Å². The number of para-hydroxylation sites is 1. The zero-order chi connectivity index (χ0) is 11.8. The molecular formula is C11H5F3N2. The lowest BCUT2D eigenvalue weighted by Crippen LogP contribution is -2.06. The molecule has 0 spiro atoms. The lowest BCUT2D eigenvalue weighted by molar-refractivity contribution is -0.136. The highest BCUT2D eigenvalue weighted by Gasteiger charge is 2.33. The maximum Gasteiger partial charge on any atom is 0.418 e. The van der Waals surface area contributed by atoms with Crippen LogP contribution in [-0.2, 0) is 6.18 Å². The van der Waals surface area contributed by atoms with Gasteiger partial charge in [0.2, 0.25) is 0 Å². The van der Waals surface area contributed by atoms with Gasteiger partial charge in [0.1, 0.15) is 0 Å². The van der Waals surface area contributed by atoms with Crippen molar-refractivity contribution in [1.29, 1.82) is 5.26 Å². The second-order valence-corrected chi connectivity index (χ2v) is 3.17. The number of benzene rings is 1. The normalized spacial score (nSPS) is 11.4. The summed E-state index contributed by atoms with van der Waals surface area (Å²) < 4.78 is 37.9. The van der Waals surface area contributed by atoms with Gasteiger partial charge in [0.15, 0.2) is 0 Å². The van der Waals surface area contributed by atoms with Crippen LogP contribution >= 0.6 is 0 Å². The fourth-order valence-corrected chi connectivity index (χ4v) is 1.50. The minimum Gasteiger partial charge on any atom is -0.256 e. The van der Waals surface area contributed by atoms with Crippen molar-refractivity contribution in [3.63, 3.8) is 0 Å². The highest BCUT2D eigenvalue weighted by atomic mass is 19.4. The topological polar surface area (TPSA) is 36.7 Å². The van der Waals surface area contributed by atoms with Crippen LogP contribution in [0.4, 0.5) is 13.2 Å². The molecule has 0 unspecified atom stereocenters. The third-order valence-electron chi connectivity index (χ3n) is 2.20. The number of hydrogen-bond acceptors (Lipinski definition) is 2. The van der Waals surface area contributed by atoms with Gasteiger partial charge in [0.05, 0.1) is 22.7 Å². The maximum atomic E-state index is 12.6. The molecule has 0 fully saturated rings. The molecule has 0 saturated heterocycles. The standard InChI is InChI=1S/C11H5F3N2/c12-11(13,14)9-3-1-2-8-7(6-15)4-5-16-10(8)9/h1-5H. The number of rotatable bonds is 0. The van der Waals surface area contributed by atoms with Gasteiger partial charge in [-0.05, 0) is 12.1 Å². The van der Waals surface area contributed by atoms with E-state index in [-0.39, 0.29) is 16.5 Å². The summed E-state index contributed by atoms with van der Waals surface area (Å²) in [6, 6.07) is 6.91. The molecule has 1 aromatic heterocycles. The van der Waals surface area contributed by atoms with Gasteiger partial charge in [-0.2, -0.15) is 18.4 Å². The monoisotopic (exact) mass is 222 g/mol. The van der Waals surface area contributed by atoms with Crippen LogP contribution in [0, 0.1) is 11.3 Å². The van der Waals surface area contributed by atoms with Crippen LogP contribution in [-0.4, -0.2) is 4.98 Å². The first-order chi connectivity index (χ1) is 7.54. The number of nitriles is 1. The van der Waals surface area contributed by atoms with E-state index in [9.17, 15) is 13.2 Å². The Labute approximate surface area is 89.0 Å². The lowest BCUT2D eigenvalue weighted by atomic mass is 10.1. The largest absolute Gasteiger partial charge is 0.418 e. The van der Waals surface area contributed by atoms with E-state index in [1.165, 1.54) is 24.4 Å². The van der Waals surface area contributed by atoms with Gasteiger partial charge in [-0.3, -0.25) is 4.98 Å². The summed E-state index contributed by atoms with van der Waals surface area (Å²) in [6.07, 6.45) is -3.25. The average Bonchev–Trinajstić information content (AvgIpc) is 2.26. The Morgan fingerprint density at radius 1 is 1.19 bits per heavy atom. The second-order valence-electron chi connectivity index (χ2n) is 3.17. The molecule has 2 nitrogen and oxygen atoms in total. The second kappa shape index (κ2) is 3.49. The van der Waals surface area contributed by atoms with Crippen molar-refractivity contribution in [3.8, 4) is 6.07 Å². The van der Waals surface area contributed by atoms with Crippen molar-refractivity contribution >= 4 is 10.9 Å². The molecule has 0 amide bonds. The van der Waals surface area contributed by atoms with Crippen LogP contribution < -0.4 is 0 Å². The van der Waals surface area contributed by atoms with Gasteiger partial charge in [-0.15, -0.1) is 0 Å². The zero-order valence-electron chi connectivity index (χ0n) is 7.92. The molecule has 0 N–H and O–H groups in total. The van der Waals surface area contributed by atoms with Crippen molar-refractivity contribution < 1.29 is 13.2 Å². The first kappa shape index (κ1) is 10.4. The van der Waals surface area contributed by atoms with Crippen molar-refractivity contribution in [1.82, 2.24) is 4.98 Å². The minimum atomic E-state index is -4.46. The Hall–Kier alpha value is -2.09. The van der Waals surface area contributed by atoms with E-state index in [4.69, 9.17) is 5.26 Å². The van der Waals surface area contributed by atoms with E-state index in [0.29, 0.717) is 0 Å². The van der Waals surface area contributed by atoms with E-state index < -0.39 is 11.7 Å². The Balaban J connectivity index is 2.86. The number of fused-ring (bicyclic) bond motifs is 1. The molecule has 2 rings (SSSR count). The number of hydrogen-bond donors (Lipinski definition) is 0. The fraction of sp³-hybridized carbons (Fsp3) is 0.0909. The number of halogens is 3. The van der Waals surface area contributed by atoms with E-state index in [1.807, 2.05) is 6.07 Å². The summed E-state index contributed by atoms with van der Waals surface area (Å²) in [5.74, 6) is 0. The van der Waals surface area contributed by atoms with Crippen molar-refractivity contribution in [2.75, 3.05) is 0 Å². The van der Waals surface area contributed by atoms with E-state index in [0.717, 1.165) is 6.07 Å². The highest BCUT2D eigenvalue weighted by Crippen LogP contribution is 2.34. The quantitative estimate of drug-likeness (QED) is 0.686. The van der Waals surface area contributed by atoms with Gasteiger partial charge in [-0.25, -0.2) is 0 Å². The third kappa shape index (κ3) is 1.58. The van der Waals surface area contributed by atoms with Gasteiger partial charge in [-0.1, -0.05) is 12.1 Å². The summed E-state index contributed by atoms with van der Waals surface area (Å²) in [4.78, 5) is 3.69. The molecule has 2 aromatic rings. The summed E-state index contributed by atoms with van der Waals surface area (Å²) >= 11 is 0. The highest BCUT2D eigenvalue weighted by molar-refractivity contribution is 5.87. The van der Waals surface area contributed by atoms with E-state index in [1.54, 1.807) is 0 Å². The number of alkyl halides is 3. The van der Waals surface area contributed by atoms with Gasteiger partial charge in [0.25, 0.3) is 0 Å². The molecule has 0 bridgehead atoms. The number of nitrogens with zero attached hydrogens (tertiary/aromatic N) is 2. The molecule has 1 aromatic carbocycles. The summed E-state index contributed by atoms with van der Waals surface area (Å²) in [5.41, 5.74) is -0.813. The molecule has 0 aliphatic heterocycles. The van der Waals surface area contributed by atoms with Crippen LogP contribution in [0.15, 0.2) is 30.5 Å². The minimum absolute atomic E-state index is 0.186. The van der Waals surface area contributed by atoms with Gasteiger partial charge < -0.3 is 0 Å². The molecule has 1 heterocycles. The number of pyridine rings is 1. The Morgan fingerprint density at radius 3 is 2.56 bits per heavy atom. The molecular weight excluding hydrogens is 217 g/mol. The molecule has 0 aliphatic carbocycles. The van der Waals surface area contributed by atoms with E-state index in [2.05, 4.69) is 4.98 Å². The van der Waals surface area contributed by atoms with Gasteiger partial charge >= 0.3 is 6.18 Å². The lowest BCUT2D eigenvalue weighted by Gasteiger charge is -2.09. The third-order valence-corrected chi connectivity index (χ3v) is 2.20. The Kier molecular flexibility index (Phi) is 2.27. The first-order valence-electron chi connectivity index (χ1n) is 4.39. The summed E-state index contributed by atoms with van der Waals surface area (Å²) in [7, 11) is 0. The van der Waals surface area contributed by atoms with Crippen LogP contribution in [0.5, 0.6) is 0 Å². The molecule has 80 valence electrons. The van der Waals surface area contributed by atoms with Crippen LogP contribution in [0.3, 0.4) is 0 Å². The molecule has 0 saturated carbocycles. The molecule has 0 radical (unpaired) electrons. The molecule has 0 aliphatic rings. The average molecular weight is 222 g/mol. The smallest absolute Gasteiger partial charge is 0.256 e.